The van der Waals surface area contributed by atoms with E-state index in [9.17, 15) is 13.6 Å². The van der Waals surface area contributed by atoms with Crippen molar-refractivity contribution in [2.75, 3.05) is 12.3 Å². The first-order chi connectivity index (χ1) is 14.4. The maximum atomic E-state index is 12.2. The standard InChI is InChI=1S/C20H21F2N5O2S/c1-13-4-3-5-17(14(13)2)27-20(24-25-26-27)30-12-18(28)23-11-10-15-6-8-16(9-7-15)29-19(21)22/h3-9,19H,10-12H2,1-2H3,(H,23,28). The van der Waals surface area contributed by atoms with Gasteiger partial charge in [0.05, 0.1) is 11.4 Å². The van der Waals surface area contributed by atoms with Gasteiger partial charge in [-0.2, -0.15) is 13.5 Å². The van der Waals surface area contributed by atoms with Crippen molar-refractivity contribution in [3.05, 3.63) is 59.2 Å². The lowest BCUT2D eigenvalue weighted by Gasteiger charge is -2.10. The quantitative estimate of drug-likeness (QED) is 0.522. The van der Waals surface area contributed by atoms with Gasteiger partial charge in [-0.05, 0) is 65.6 Å². The number of thioether (sulfide) groups is 1. The molecule has 3 aromatic rings. The van der Waals surface area contributed by atoms with Crippen molar-refractivity contribution in [2.24, 2.45) is 0 Å². The molecule has 0 radical (unpaired) electrons. The third-order valence-corrected chi connectivity index (χ3v) is 5.38. The van der Waals surface area contributed by atoms with Gasteiger partial charge in [-0.25, -0.2) is 0 Å². The summed E-state index contributed by atoms with van der Waals surface area (Å²) in [6.07, 6.45) is 0.575. The average Bonchev–Trinajstić information content (AvgIpc) is 3.18. The minimum atomic E-state index is -2.84. The Morgan fingerprint density at radius 1 is 1.20 bits per heavy atom. The number of hydrogen-bond donors (Lipinski definition) is 1. The molecule has 0 aliphatic rings. The molecule has 0 unspecified atom stereocenters. The second-order valence-electron chi connectivity index (χ2n) is 6.50. The van der Waals surface area contributed by atoms with Crippen LogP contribution in [0.2, 0.25) is 0 Å². The van der Waals surface area contributed by atoms with E-state index in [0.29, 0.717) is 18.1 Å². The molecule has 158 valence electrons. The van der Waals surface area contributed by atoms with Gasteiger partial charge >= 0.3 is 6.61 Å². The summed E-state index contributed by atoms with van der Waals surface area (Å²) in [6.45, 7) is 1.60. The molecule has 1 N–H and O–H groups in total. The maximum absolute atomic E-state index is 12.2. The summed E-state index contributed by atoms with van der Waals surface area (Å²) < 4.78 is 30.3. The number of carbonyl (C=O) groups excluding carboxylic acids is 1. The van der Waals surface area contributed by atoms with Gasteiger partial charge in [0.2, 0.25) is 11.1 Å². The highest BCUT2D eigenvalue weighted by Gasteiger charge is 2.13. The largest absolute Gasteiger partial charge is 0.435 e. The number of hydrogen-bond acceptors (Lipinski definition) is 6. The molecule has 0 fully saturated rings. The summed E-state index contributed by atoms with van der Waals surface area (Å²) in [5.74, 6) is 0.135. The molecule has 1 amide bonds. The summed E-state index contributed by atoms with van der Waals surface area (Å²) in [5, 5.41) is 15.1. The molecule has 0 bridgehead atoms. The number of aryl methyl sites for hydroxylation is 1. The molecule has 3 rings (SSSR count). The lowest BCUT2D eigenvalue weighted by molar-refractivity contribution is -0.118. The van der Waals surface area contributed by atoms with Crippen molar-refractivity contribution in [3.63, 3.8) is 0 Å². The first-order valence-corrected chi connectivity index (χ1v) is 10.2. The highest BCUT2D eigenvalue weighted by molar-refractivity contribution is 7.99. The Balaban J connectivity index is 1.48. The number of ether oxygens (including phenoxy) is 1. The number of nitrogens with zero attached hydrogens (tertiary/aromatic N) is 4. The normalized spacial score (nSPS) is 11.0. The van der Waals surface area contributed by atoms with Crippen LogP contribution >= 0.6 is 11.8 Å². The summed E-state index contributed by atoms with van der Waals surface area (Å²) in [5.41, 5.74) is 3.98. The van der Waals surface area contributed by atoms with Crippen LogP contribution in [0.5, 0.6) is 5.75 Å². The van der Waals surface area contributed by atoms with Crippen LogP contribution in [0.1, 0.15) is 16.7 Å². The second-order valence-corrected chi connectivity index (χ2v) is 7.45. The molecule has 7 nitrogen and oxygen atoms in total. The van der Waals surface area contributed by atoms with Gasteiger partial charge in [-0.3, -0.25) is 4.79 Å². The van der Waals surface area contributed by atoms with Crippen LogP contribution in [-0.2, 0) is 11.2 Å². The zero-order valence-electron chi connectivity index (χ0n) is 16.5. The van der Waals surface area contributed by atoms with Crippen molar-refractivity contribution in [1.82, 2.24) is 25.5 Å². The molecule has 0 saturated carbocycles. The van der Waals surface area contributed by atoms with E-state index < -0.39 is 6.61 Å². The molecular formula is C20H21F2N5O2S. The molecule has 0 spiro atoms. The van der Waals surface area contributed by atoms with Crippen molar-refractivity contribution >= 4 is 17.7 Å². The Morgan fingerprint density at radius 3 is 2.70 bits per heavy atom. The van der Waals surface area contributed by atoms with Gasteiger partial charge < -0.3 is 10.1 Å². The summed E-state index contributed by atoms with van der Waals surface area (Å²) in [4.78, 5) is 12.2. The monoisotopic (exact) mass is 433 g/mol. The molecule has 0 atom stereocenters. The van der Waals surface area contributed by atoms with Gasteiger partial charge in [0.15, 0.2) is 0 Å². The van der Waals surface area contributed by atoms with Gasteiger partial charge in [-0.15, -0.1) is 5.10 Å². The topological polar surface area (TPSA) is 81.9 Å². The summed E-state index contributed by atoms with van der Waals surface area (Å²) in [7, 11) is 0. The van der Waals surface area contributed by atoms with E-state index in [-0.39, 0.29) is 17.4 Å². The van der Waals surface area contributed by atoms with E-state index in [1.165, 1.54) is 23.9 Å². The number of carbonyl (C=O) groups is 1. The number of amides is 1. The second kappa shape index (κ2) is 10.1. The van der Waals surface area contributed by atoms with Crippen molar-refractivity contribution in [3.8, 4) is 11.4 Å². The predicted octanol–water partition coefficient (Wildman–Crippen LogP) is 3.33. The molecular weight excluding hydrogens is 412 g/mol. The van der Waals surface area contributed by atoms with Gasteiger partial charge in [-0.1, -0.05) is 36.0 Å². The van der Waals surface area contributed by atoms with Gasteiger partial charge in [0.25, 0.3) is 0 Å². The smallest absolute Gasteiger partial charge is 0.387 e. The maximum Gasteiger partial charge on any atom is 0.387 e. The van der Waals surface area contributed by atoms with Gasteiger partial charge in [0.1, 0.15) is 5.75 Å². The lowest BCUT2D eigenvalue weighted by Crippen LogP contribution is -2.27. The fraction of sp³-hybridized carbons (Fsp3) is 0.300. The molecule has 0 aliphatic heterocycles. The first kappa shape index (κ1) is 21.7. The van der Waals surface area contributed by atoms with E-state index in [1.807, 2.05) is 32.0 Å². The van der Waals surface area contributed by atoms with Crippen LogP contribution in [0.4, 0.5) is 8.78 Å². The number of aromatic nitrogens is 4. The fourth-order valence-electron chi connectivity index (χ4n) is 2.75. The average molecular weight is 433 g/mol. The SMILES string of the molecule is Cc1cccc(-n2nnnc2SCC(=O)NCCc2ccc(OC(F)F)cc2)c1C. The third-order valence-electron chi connectivity index (χ3n) is 4.46. The number of tetrazole rings is 1. The van der Waals surface area contributed by atoms with E-state index in [1.54, 1.807) is 16.8 Å². The van der Waals surface area contributed by atoms with E-state index >= 15 is 0 Å². The van der Waals surface area contributed by atoms with E-state index in [0.717, 1.165) is 22.4 Å². The molecule has 1 heterocycles. The number of nitrogens with one attached hydrogen (secondary N) is 1. The number of alkyl halides is 2. The van der Waals surface area contributed by atoms with E-state index in [2.05, 4.69) is 25.6 Å². The zero-order chi connectivity index (χ0) is 21.5. The van der Waals surface area contributed by atoms with Crippen molar-refractivity contribution in [2.45, 2.75) is 32.0 Å². The van der Waals surface area contributed by atoms with Crippen molar-refractivity contribution in [1.29, 1.82) is 0 Å². The Morgan fingerprint density at radius 2 is 1.97 bits per heavy atom. The van der Waals surface area contributed by atoms with Crippen LogP contribution in [0, 0.1) is 13.8 Å². The minimum Gasteiger partial charge on any atom is -0.435 e. The number of benzene rings is 2. The molecule has 30 heavy (non-hydrogen) atoms. The Kier molecular flexibility index (Phi) is 7.34. The Bertz CT molecular complexity index is 995. The van der Waals surface area contributed by atoms with Crippen LogP contribution < -0.4 is 10.1 Å². The molecule has 1 aromatic heterocycles. The Labute approximate surface area is 176 Å². The van der Waals surface area contributed by atoms with Gasteiger partial charge in [0, 0.05) is 6.54 Å². The molecule has 0 saturated heterocycles. The van der Waals surface area contributed by atoms with Crippen molar-refractivity contribution < 1.29 is 18.3 Å². The van der Waals surface area contributed by atoms with Crippen LogP contribution in [0.25, 0.3) is 5.69 Å². The van der Waals surface area contributed by atoms with E-state index in [4.69, 9.17) is 0 Å². The lowest BCUT2D eigenvalue weighted by atomic mass is 10.1. The molecule has 0 aliphatic carbocycles. The van der Waals surface area contributed by atoms with Crippen LogP contribution in [-0.4, -0.2) is 45.0 Å². The number of rotatable bonds is 9. The Hall–Kier alpha value is -3.01. The van der Waals surface area contributed by atoms with Crippen LogP contribution in [0.15, 0.2) is 47.6 Å². The summed E-state index contributed by atoms with van der Waals surface area (Å²) >= 11 is 1.25. The zero-order valence-corrected chi connectivity index (χ0v) is 17.3. The highest BCUT2D eigenvalue weighted by atomic mass is 32.2. The molecule has 2 aromatic carbocycles. The third kappa shape index (κ3) is 5.76. The van der Waals surface area contributed by atoms with Crippen LogP contribution in [0.3, 0.4) is 0 Å². The first-order valence-electron chi connectivity index (χ1n) is 9.22. The minimum absolute atomic E-state index is 0.107. The number of halogens is 2. The summed E-state index contributed by atoms with van der Waals surface area (Å²) in [6, 6.07) is 12.2. The predicted molar refractivity (Wildman–Crippen MR) is 109 cm³/mol. The highest BCUT2D eigenvalue weighted by Crippen LogP contribution is 2.22. The fourth-order valence-corrected chi connectivity index (χ4v) is 3.46. The molecule has 10 heteroatoms.